The van der Waals surface area contributed by atoms with Crippen molar-refractivity contribution >= 4 is 28.1 Å². The molecule has 0 atom stereocenters. The molecule has 0 aliphatic heterocycles. The maximum absolute atomic E-state index is 11.5. The van der Waals surface area contributed by atoms with E-state index in [1.54, 1.807) is 16.9 Å². The van der Waals surface area contributed by atoms with Crippen molar-refractivity contribution in [1.82, 2.24) is 10.0 Å². The molecule has 1 aromatic carbocycles. The molecule has 0 spiro atoms. The molecule has 0 aliphatic carbocycles. The highest BCUT2D eigenvalue weighted by Crippen LogP contribution is 2.05. The standard InChI is InChI=1S/C12H14N2O5S/c1-9-2-4-10(5-3-9)6-7-20(18,19)14-12(17)13-8-11(15)16/h2-7H,8H2,1H3,(H,15,16)(H2,13,14,17). The minimum Gasteiger partial charge on any atom is -0.480 e. The lowest BCUT2D eigenvalue weighted by molar-refractivity contribution is -0.135. The maximum Gasteiger partial charge on any atom is 0.329 e. The fourth-order valence-electron chi connectivity index (χ4n) is 1.20. The molecule has 0 unspecified atom stereocenters. The molecular formula is C12H14N2O5S. The van der Waals surface area contributed by atoms with Crippen molar-refractivity contribution in [3.8, 4) is 0 Å². The fraction of sp³-hybridized carbons (Fsp3) is 0.167. The molecule has 0 aliphatic rings. The number of sulfonamides is 1. The molecule has 3 N–H and O–H groups in total. The molecule has 8 heteroatoms. The summed E-state index contributed by atoms with van der Waals surface area (Å²) in [5.74, 6) is -1.27. The number of aryl methyl sites for hydroxylation is 1. The van der Waals surface area contributed by atoms with Crippen LogP contribution in [0.2, 0.25) is 0 Å². The van der Waals surface area contributed by atoms with Crippen LogP contribution in [0.1, 0.15) is 11.1 Å². The summed E-state index contributed by atoms with van der Waals surface area (Å²) in [6.45, 7) is 1.24. The van der Waals surface area contributed by atoms with Gasteiger partial charge in [-0.1, -0.05) is 29.8 Å². The van der Waals surface area contributed by atoms with Crippen molar-refractivity contribution < 1.29 is 23.1 Å². The molecule has 2 amide bonds. The SMILES string of the molecule is Cc1ccc(C=CS(=O)(=O)NC(=O)NCC(=O)O)cc1. The zero-order chi connectivity index (χ0) is 15.2. The lowest BCUT2D eigenvalue weighted by Gasteiger charge is -2.03. The van der Waals surface area contributed by atoms with Crippen LogP contribution in [0.15, 0.2) is 29.7 Å². The average molecular weight is 298 g/mol. The van der Waals surface area contributed by atoms with Crippen molar-refractivity contribution in [1.29, 1.82) is 0 Å². The summed E-state index contributed by atoms with van der Waals surface area (Å²) in [6, 6.07) is 6.00. The van der Waals surface area contributed by atoms with Gasteiger partial charge in [-0.2, -0.15) is 0 Å². The van der Waals surface area contributed by atoms with Crippen molar-refractivity contribution in [3.05, 3.63) is 40.8 Å². The fourth-order valence-corrected chi connectivity index (χ4v) is 1.94. The van der Waals surface area contributed by atoms with Gasteiger partial charge < -0.3 is 10.4 Å². The predicted molar refractivity (Wildman–Crippen MR) is 73.3 cm³/mol. The Hall–Kier alpha value is -2.35. The van der Waals surface area contributed by atoms with Gasteiger partial charge in [0, 0.05) is 0 Å². The Labute approximate surface area is 116 Å². The molecule has 0 aromatic heterocycles. The first kappa shape index (κ1) is 15.7. The zero-order valence-electron chi connectivity index (χ0n) is 10.7. The Kier molecular flexibility index (Phi) is 5.27. The van der Waals surface area contributed by atoms with E-state index in [1.807, 2.05) is 24.4 Å². The van der Waals surface area contributed by atoms with Crippen LogP contribution >= 0.6 is 0 Å². The monoisotopic (exact) mass is 298 g/mol. The second-order valence-electron chi connectivity index (χ2n) is 3.94. The normalized spacial score (nSPS) is 11.2. The van der Waals surface area contributed by atoms with Crippen LogP contribution in [-0.2, 0) is 14.8 Å². The molecular weight excluding hydrogens is 284 g/mol. The van der Waals surface area contributed by atoms with E-state index in [0.717, 1.165) is 11.0 Å². The second-order valence-corrected chi connectivity index (χ2v) is 5.50. The Morgan fingerprint density at radius 2 is 1.85 bits per heavy atom. The number of hydrogen-bond donors (Lipinski definition) is 3. The molecule has 1 rings (SSSR count). The Bertz CT molecular complexity index is 620. The van der Waals surface area contributed by atoms with Gasteiger partial charge in [0.15, 0.2) is 0 Å². The summed E-state index contributed by atoms with van der Waals surface area (Å²) < 4.78 is 24.7. The molecule has 7 nitrogen and oxygen atoms in total. The highest BCUT2D eigenvalue weighted by atomic mass is 32.2. The van der Waals surface area contributed by atoms with Crippen LogP contribution in [0.25, 0.3) is 6.08 Å². The molecule has 0 saturated heterocycles. The summed E-state index contributed by atoms with van der Waals surface area (Å²) >= 11 is 0. The molecule has 0 radical (unpaired) electrons. The van der Waals surface area contributed by atoms with Gasteiger partial charge in [-0.05, 0) is 18.6 Å². The number of urea groups is 1. The number of benzene rings is 1. The van der Waals surface area contributed by atoms with Crippen molar-refractivity contribution in [2.24, 2.45) is 0 Å². The predicted octanol–water partition coefficient (Wildman–Crippen LogP) is 0.679. The van der Waals surface area contributed by atoms with Gasteiger partial charge in [-0.3, -0.25) is 4.79 Å². The first-order chi connectivity index (χ1) is 9.28. The number of aliphatic carboxylic acids is 1. The number of hydrogen-bond acceptors (Lipinski definition) is 4. The molecule has 0 fully saturated rings. The van der Waals surface area contributed by atoms with Crippen molar-refractivity contribution in [3.63, 3.8) is 0 Å². The quantitative estimate of drug-likeness (QED) is 0.740. The number of carboxylic acid groups (broad SMARTS) is 1. The van der Waals surface area contributed by atoms with E-state index in [1.165, 1.54) is 6.08 Å². The minimum absolute atomic E-state index is 0.659. The summed E-state index contributed by atoms with van der Waals surface area (Å²) in [5.41, 5.74) is 1.70. The first-order valence-electron chi connectivity index (χ1n) is 5.56. The van der Waals surface area contributed by atoms with E-state index in [4.69, 9.17) is 5.11 Å². The summed E-state index contributed by atoms with van der Waals surface area (Å²) in [6.07, 6.45) is 1.33. The average Bonchev–Trinajstić information content (AvgIpc) is 2.35. The molecule has 0 saturated carbocycles. The van der Waals surface area contributed by atoms with Crippen LogP contribution in [0, 0.1) is 6.92 Å². The number of amides is 2. The van der Waals surface area contributed by atoms with Gasteiger partial charge in [0.1, 0.15) is 6.54 Å². The second kappa shape index (κ2) is 6.71. The third-order valence-corrected chi connectivity index (χ3v) is 3.12. The minimum atomic E-state index is -3.97. The maximum atomic E-state index is 11.5. The highest BCUT2D eigenvalue weighted by Gasteiger charge is 2.11. The number of carboxylic acids is 1. The third-order valence-electron chi connectivity index (χ3n) is 2.15. The van der Waals surface area contributed by atoms with Gasteiger partial charge in [0.05, 0.1) is 5.41 Å². The van der Waals surface area contributed by atoms with Gasteiger partial charge in [0.25, 0.3) is 10.0 Å². The Morgan fingerprint density at radius 3 is 2.40 bits per heavy atom. The molecule has 1 aromatic rings. The van der Waals surface area contributed by atoms with E-state index in [9.17, 15) is 18.0 Å². The van der Waals surface area contributed by atoms with Crippen LogP contribution in [0.4, 0.5) is 4.79 Å². The van der Waals surface area contributed by atoms with Crippen LogP contribution in [0.3, 0.4) is 0 Å². The third kappa shape index (κ3) is 6.01. The smallest absolute Gasteiger partial charge is 0.329 e. The Balaban J connectivity index is 2.63. The van der Waals surface area contributed by atoms with E-state index >= 15 is 0 Å². The summed E-state index contributed by atoms with van der Waals surface area (Å²) in [4.78, 5) is 21.3. The first-order valence-corrected chi connectivity index (χ1v) is 7.10. The van der Waals surface area contributed by atoms with Crippen LogP contribution < -0.4 is 10.0 Å². The van der Waals surface area contributed by atoms with Crippen LogP contribution in [-0.4, -0.2) is 32.1 Å². The Morgan fingerprint density at radius 1 is 1.25 bits per heavy atom. The largest absolute Gasteiger partial charge is 0.480 e. The van der Waals surface area contributed by atoms with Gasteiger partial charge in [0.2, 0.25) is 0 Å². The summed E-state index contributed by atoms with van der Waals surface area (Å²) in [7, 11) is -3.97. The lowest BCUT2D eigenvalue weighted by atomic mass is 10.2. The van der Waals surface area contributed by atoms with E-state index < -0.39 is 28.6 Å². The molecule has 20 heavy (non-hydrogen) atoms. The van der Waals surface area contributed by atoms with Crippen molar-refractivity contribution in [2.75, 3.05) is 6.54 Å². The number of carbonyl (C=O) groups excluding carboxylic acids is 1. The van der Waals surface area contributed by atoms with Crippen molar-refractivity contribution in [2.45, 2.75) is 6.92 Å². The molecule has 108 valence electrons. The van der Waals surface area contributed by atoms with Gasteiger partial charge >= 0.3 is 12.0 Å². The van der Waals surface area contributed by atoms with E-state index in [-0.39, 0.29) is 0 Å². The van der Waals surface area contributed by atoms with Crippen LogP contribution in [0.5, 0.6) is 0 Å². The molecule has 0 heterocycles. The lowest BCUT2D eigenvalue weighted by Crippen LogP contribution is -2.40. The number of rotatable bonds is 5. The topological polar surface area (TPSA) is 113 Å². The van der Waals surface area contributed by atoms with Gasteiger partial charge in [-0.25, -0.2) is 17.9 Å². The van der Waals surface area contributed by atoms with Gasteiger partial charge in [-0.15, -0.1) is 0 Å². The van der Waals surface area contributed by atoms with E-state index in [0.29, 0.717) is 5.56 Å². The van der Waals surface area contributed by atoms with E-state index in [2.05, 4.69) is 0 Å². The number of nitrogens with one attached hydrogen (secondary N) is 2. The highest BCUT2D eigenvalue weighted by molar-refractivity contribution is 7.93. The number of carbonyl (C=O) groups is 2. The summed E-state index contributed by atoms with van der Waals surface area (Å²) in [5, 5.41) is 11.0. The zero-order valence-corrected chi connectivity index (χ0v) is 11.5. The molecule has 0 bridgehead atoms.